The van der Waals surface area contributed by atoms with Gasteiger partial charge in [-0.2, -0.15) is 0 Å². The van der Waals surface area contributed by atoms with Crippen LogP contribution in [-0.4, -0.2) is 21.0 Å². The fourth-order valence-corrected chi connectivity index (χ4v) is 1.03. The zero-order valence-electron chi connectivity index (χ0n) is 7.76. The Hall–Kier alpha value is -0.120. The largest absolute Gasteiger partial charge is 0.498 e. The Kier molecular flexibility index (Phi) is 5.64. The van der Waals surface area contributed by atoms with Crippen molar-refractivity contribution in [3.63, 3.8) is 0 Å². The van der Waals surface area contributed by atoms with Crippen LogP contribution in [0.25, 0.3) is 0 Å². The van der Waals surface area contributed by atoms with Gasteiger partial charge in [-0.25, -0.2) is 4.79 Å². The third-order valence-electron chi connectivity index (χ3n) is 1.15. The Morgan fingerprint density at radius 3 is 2.29 bits per heavy atom. The van der Waals surface area contributed by atoms with E-state index in [1.165, 1.54) is 0 Å². The molecule has 0 heterocycles. The highest BCUT2D eigenvalue weighted by Gasteiger charge is 2.25. The van der Waals surface area contributed by atoms with Crippen LogP contribution >= 0.6 is 34.8 Å². The molecule has 0 aromatic rings. The Morgan fingerprint density at radius 2 is 2.00 bits per heavy atom. The summed E-state index contributed by atoms with van der Waals surface area (Å²) in [4.78, 5) is 10.7. The minimum absolute atomic E-state index is 0.0706. The molecule has 82 valence electrons. The van der Waals surface area contributed by atoms with E-state index in [-0.39, 0.29) is 18.1 Å². The van der Waals surface area contributed by atoms with Gasteiger partial charge in [0, 0.05) is 6.42 Å². The Morgan fingerprint density at radius 1 is 1.50 bits per heavy atom. The number of hydrogen-bond acceptors (Lipinski definition) is 2. The van der Waals surface area contributed by atoms with Crippen LogP contribution in [0.15, 0.2) is 11.8 Å². The second kappa shape index (κ2) is 5.69. The van der Waals surface area contributed by atoms with Crippen molar-refractivity contribution < 1.29 is 14.6 Å². The molecular formula is C8H11Cl3O3. The second-order valence-electron chi connectivity index (χ2n) is 2.93. The molecule has 0 amide bonds. The number of alkyl halides is 3. The molecule has 0 aliphatic carbocycles. The fourth-order valence-electron chi connectivity index (χ4n) is 0.602. The summed E-state index contributed by atoms with van der Waals surface area (Å²) < 4.78 is 3.37. The van der Waals surface area contributed by atoms with Gasteiger partial charge in [0.2, 0.25) is 0 Å². The lowest BCUT2D eigenvalue weighted by molar-refractivity contribution is -0.133. The van der Waals surface area contributed by atoms with Crippen molar-refractivity contribution in [1.29, 1.82) is 0 Å². The second-order valence-corrected chi connectivity index (χ2v) is 5.44. The van der Waals surface area contributed by atoms with Gasteiger partial charge >= 0.3 is 5.97 Å². The molecule has 0 aliphatic rings. The monoisotopic (exact) mass is 260 g/mol. The highest BCUT2D eigenvalue weighted by atomic mass is 35.6. The van der Waals surface area contributed by atoms with Crippen molar-refractivity contribution in [2.75, 3.05) is 0 Å². The third kappa shape index (κ3) is 7.30. The van der Waals surface area contributed by atoms with E-state index in [0.29, 0.717) is 0 Å². The summed E-state index contributed by atoms with van der Waals surface area (Å²) in [5, 5.41) is 8.73. The highest BCUT2D eigenvalue weighted by Crippen LogP contribution is 2.33. The van der Waals surface area contributed by atoms with E-state index in [0.717, 1.165) is 6.26 Å². The predicted molar refractivity (Wildman–Crippen MR) is 56.8 cm³/mol. The number of hydrogen-bond donors (Lipinski definition) is 1. The summed E-state index contributed by atoms with van der Waals surface area (Å²) >= 11 is 16.4. The van der Waals surface area contributed by atoms with E-state index in [9.17, 15) is 4.79 Å². The third-order valence-corrected chi connectivity index (χ3v) is 1.55. The molecule has 0 aromatic heterocycles. The first-order valence-electron chi connectivity index (χ1n) is 3.87. The van der Waals surface area contributed by atoms with E-state index in [2.05, 4.69) is 0 Å². The van der Waals surface area contributed by atoms with Gasteiger partial charge in [0.15, 0.2) is 3.79 Å². The lowest BCUT2D eigenvalue weighted by Gasteiger charge is -2.12. The van der Waals surface area contributed by atoms with E-state index in [4.69, 9.17) is 44.6 Å². The summed E-state index contributed by atoms with van der Waals surface area (Å²) in [7, 11) is 0. The van der Waals surface area contributed by atoms with Crippen LogP contribution < -0.4 is 0 Å². The van der Waals surface area contributed by atoms with E-state index < -0.39 is 9.76 Å². The van der Waals surface area contributed by atoms with Crippen LogP contribution in [0.1, 0.15) is 20.3 Å². The maximum absolute atomic E-state index is 10.7. The van der Waals surface area contributed by atoms with Gasteiger partial charge in [-0.1, -0.05) is 34.8 Å². The number of carboxylic acid groups (broad SMARTS) is 1. The van der Waals surface area contributed by atoms with Gasteiger partial charge in [-0.15, -0.1) is 0 Å². The first kappa shape index (κ1) is 13.9. The van der Waals surface area contributed by atoms with Gasteiger partial charge in [-0.05, 0) is 13.8 Å². The van der Waals surface area contributed by atoms with E-state index in [1.807, 2.05) is 0 Å². The minimum atomic E-state index is -1.62. The average molecular weight is 262 g/mol. The van der Waals surface area contributed by atoms with Gasteiger partial charge < -0.3 is 9.84 Å². The van der Waals surface area contributed by atoms with Crippen molar-refractivity contribution in [2.24, 2.45) is 0 Å². The molecule has 0 saturated carbocycles. The summed E-state index contributed by atoms with van der Waals surface area (Å²) in [6, 6.07) is 0. The van der Waals surface area contributed by atoms with Crippen LogP contribution in [0.4, 0.5) is 0 Å². The SMILES string of the molecule is CC(C)OC=C(CC(Cl)(Cl)Cl)C(=O)O. The number of halogens is 3. The smallest absolute Gasteiger partial charge is 0.334 e. The van der Waals surface area contributed by atoms with Crippen molar-refractivity contribution in [3.8, 4) is 0 Å². The first-order valence-corrected chi connectivity index (χ1v) is 5.00. The van der Waals surface area contributed by atoms with Gasteiger partial charge in [-0.3, -0.25) is 0 Å². The zero-order chi connectivity index (χ0) is 11.4. The fraction of sp³-hybridized carbons (Fsp3) is 0.625. The van der Waals surface area contributed by atoms with Crippen LogP contribution in [0.5, 0.6) is 0 Å². The van der Waals surface area contributed by atoms with Crippen LogP contribution in [-0.2, 0) is 9.53 Å². The molecule has 0 spiro atoms. The molecule has 0 aromatic carbocycles. The van der Waals surface area contributed by atoms with E-state index in [1.54, 1.807) is 13.8 Å². The summed E-state index contributed by atoms with van der Waals surface area (Å²) in [6.45, 7) is 3.54. The quantitative estimate of drug-likeness (QED) is 0.480. The molecule has 0 aliphatic heterocycles. The number of ether oxygens (including phenoxy) is 1. The molecule has 0 radical (unpaired) electrons. The molecule has 6 heteroatoms. The average Bonchev–Trinajstić information content (AvgIpc) is 1.94. The maximum Gasteiger partial charge on any atom is 0.334 e. The van der Waals surface area contributed by atoms with Gasteiger partial charge in [0.1, 0.15) is 0 Å². The summed E-state index contributed by atoms with van der Waals surface area (Å²) in [5.41, 5.74) is -0.0706. The zero-order valence-corrected chi connectivity index (χ0v) is 10.0. The normalized spacial score (nSPS) is 13.1. The molecule has 0 bridgehead atoms. The van der Waals surface area contributed by atoms with Gasteiger partial charge in [0.05, 0.1) is 17.9 Å². The molecule has 0 rings (SSSR count). The molecule has 0 saturated heterocycles. The van der Waals surface area contributed by atoms with Crippen molar-refractivity contribution in [3.05, 3.63) is 11.8 Å². The van der Waals surface area contributed by atoms with Crippen LogP contribution in [0.3, 0.4) is 0 Å². The number of carbonyl (C=O) groups is 1. The lowest BCUT2D eigenvalue weighted by Crippen LogP contribution is -2.11. The standard InChI is InChI=1S/C8H11Cl3O3/c1-5(2)14-4-6(7(12)13)3-8(9,10)11/h4-5H,3H2,1-2H3,(H,12,13). The number of rotatable bonds is 4. The molecular weight excluding hydrogens is 250 g/mol. The van der Waals surface area contributed by atoms with Crippen molar-refractivity contribution in [1.82, 2.24) is 0 Å². The molecule has 0 unspecified atom stereocenters. The number of carboxylic acids is 1. The molecule has 0 fully saturated rings. The first-order chi connectivity index (χ1) is 6.22. The Bertz CT molecular complexity index is 230. The molecule has 3 nitrogen and oxygen atoms in total. The van der Waals surface area contributed by atoms with Crippen LogP contribution in [0.2, 0.25) is 0 Å². The Labute approximate surface area is 97.6 Å². The minimum Gasteiger partial charge on any atom is -0.498 e. The van der Waals surface area contributed by atoms with Crippen molar-refractivity contribution in [2.45, 2.75) is 30.2 Å². The van der Waals surface area contributed by atoms with Crippen molar-refractivity contribution >= 4 is 40.8 Å². The number of aliphatic carboxylic acids is 1. The van der Waals surface area contributed by atoms with Gasteiger partial charge in [0.25, 0.3) is 0 Å². The summed E-state index contributed by atoms with van der Waals surface area (Å²) in [5.74, 6) is -1.16. The van der Waals surface area contributed by atoms with E-state index >= 15 is 0 Å². The Balaban J connectivity index is 4.45. The molecule has 1 N–H and O–H groups in total. The maximum atomic E-state index is 10.7. The predicted octanol–water partition coefficient (Wildman–Crippen LogP) is 3.14. The topological polar surface area (TPSA) is 46.5 Å². The lowest BCUT2D eigenvalue weighted by atomic mass is 10.2. The van der Waals surface area contributed by atoms with Crippen LogP contribution in [0, 0.1) is 0 Å². The molecule has 14 heavy (non-hydrogen) atoms. The highest BCUT2D eigenvalue weighted by molar-refractivity contribution is 6.67. The summed E-state index contributed by atoms with van der Waals surface area (Å²) in [6.07, 6.45) is 0.800. The molecule has 0 atom stereocenters.